The molecule has 0 unspecified atom stereocenters. The number of ether oxygens (including phenoxy) is 1. The van der Waals surface area contributed by atoms with Crippen molar-refractivity contribution in [3.05, 3.63) is 84.1 Å². The zero-order chi connectivity index (χ0) is 18.2. The second-order valence-corrected chi connectivity index (χ2v) is 5.94. The van der Waals surface area contributed by atoms with Gasteiger partial charge in [-0.2, -0.15) is 0 Å². The second-order valence-electron chi connectivity index (χ2n) is 5.94. The van der Waals surface area contributed by atoms with E-state index in [4.69, 9.17) is 9.15 Å². The molecule has 0 atom stereocenters. The molecule has 0 aliphatic rings. The van der Waals surface area contributed by atoms with Crippen LogP contribution >= 0.6 is 0 Å². The molecule has 3 rings (SSSR count). The standard InChI is InChI=1S/C21H22N2O3/c1-2-25-19-9-7-17(8-10-19)13-21(24)23(16-20-6-4-12-26-20)15-18-5-3-11-22-14-18/h3-12,14H,2,13,15-16H2,1H3. The summed E-state index contributed by atoms with van der Waals surface area (Å²) >= 11 is 0. The lowest BCUT2D eigenvalue weighted by Crippen LogP contribution is -2.31. The van der Waals surface area contributed by atoms with Crippen LogP contribution in [-0.2, 0) is 24.3 Å². The molecule has 0 saturated heterocycles. The van der Waals surface area contributed by atoms with Crippen LogP contribution in [0.1, 0.15) is 23.8 Å². The summed E-state index contributed by atoms with van der Waals surface area (Å²) in [5.74, 6) is 1.61. The summed E-state index contributed by atoms with van der Waals surface area (Å²) in [5.41, 5.74) is 1.94. The molecule has 0 saturated carbocycles. The Labute approximate surface area is 153 Å². The van der Waals surface area contributed by atoms with Gasteiger partial charge in [0, 0.05) is 18.9 Å². The summed E-state index contributed by atoms with van der Waals surface area (Å²) in [5, 5.41) is 0. The lowest BCUT2D eigenvalue weighted by molar-refractivity contribution is -0.132. The minimum atomic E-state index is 0.0365. The van der Waals surface area contributed by atoms with Crippen molar-refractivity contribution in [1.29, 1.82) is 0 Å². The molecule has 5 heteroatoms. The molecule has 0 aliphatic carbocycles. The molecule has 0 bridgehead atoms. The fourth-order valence-electron chi connectivity index (χ4n) is 2.69. The minimum Gasteiger partial charge on any atom is -0.494 e. The van der Waals surface area contributed by atoms with Gasteiger partial charge in [-0.25, -0.2) is 0 Å². The normalized spacial score (nSPS) is 10.5. The predicted molar refractivity (Wildman–Crippen MR) is 98.5 cm³/mol. The van der Waals surface area contributed by atoms with Crippen molar-refractivity contribution >= 4 is 5.91 Å². The van der Waals surface area contributed by atoms with Gasteiger partial charge in [-0.15, -0.1) is 0 Å². The van der Waals surface area contributed by atoms with Crippen LogP contribution in [0.3, 0.4) is 0 Å². The van der Waals surface area contributed by atoms with Gasteiger partial charge < -0.3 is 14.1 Å². The minimum absolute atomic E-state index is 0.0365. The van der Waals surface area contributed by atoms with Gasteiger partial charge in [-0.3, -0.25) is 9.78 Å². The fourth-order valence-corrected chi connectivity index (χ4v) is 2.69. The fraction of sp³-hybridized carbons (Fsp3) is 0.238. The first-order chi connectivity index (χ1) is 12.7. The number of pyridine rings is 1. The lowest BCUT2D eigenvalue weighted by Gasteiger charge is -2.22. The Morgan fingerprint density at radius 3 is 2.58 bits per heavy atom. The van der Waals surface area contributed by atoms with Crippen LogP contribution in [0.15, 0.2) is 71.6 Å². The monoisotopic (exact) mass is 350 g/mol. The van der Waals surface area contributed by atoms with Crippen LogP contribution in [0, 0.1) is 0 Å². The maximum Gasteiger partial charge on any atom is 0.227 e. The molecule has 26 heavy (non-hydrogen) atoms. The van der Waals surface area contributed by atoms with Gasteiger partial charge in [0.1, 0.15) is 11.5 Å². The van der Waals surface area contributed by atoms with E-state index in [0.29, 0.717) is 26.1 Å². The SMILES string of the molecule is CCOc1ccc(CC(=O)N(Cc2cccnc2)Cc2ccco2)cc1. The van der Waals surface area contributed by atoms with Gasteiger partial charge in [0.2, 0.25) is 5.91 Å². The molecule has 5 nitrogen and oxygen atoms in total. The molecular weight excluding hydrogens is 328 g/mol. The number of hydrogen-bond donors (Lipinski definition) is 0. The Balaban J connectivity index is 1.71. The average Bonchev–Trinajstić information content (AvgIpc) is 3.17. The third kappa shape index (κ3) is 4.96. The van der Waals surface area contributed by atoms with Crippen molar-refractivity contribution < 1.29 is 13.9 Å². The topological polar surface area (TPSA) is 55.6 Å². The number of nitrogens with zero attached hydrogens (tertiary/aromatic N) is 2. The van der Waals surface area contributed by atoms with Crippen LogP contribution in [0.4, 0.5) is 0 Å². The number of benzene rings is 1. The number of rotatable bonds is 8. The first kappa shape index (κ1) is 17.7. The van der Waals surface area contributed by atoms with Gasteiger partial charge in [0.15, 0.2) is 0 Å². The van der Waals surface area contributed by atoms with Crippen molar-refractivity contribution in [2.45, 2.75) is 26.4 Å². The lowest BCUT2D eigenvalue weighted by atomic mass is 10.1. The number of aromatic nitrogens is 1. The molecule has 0 spiro atoms. The zero-order valence-corrected chi connectivity index (χ0v) is 14.8. The quantitative estimate of drug-likeness (QED) is 0.619. The molecular formula is C21H22N2O3. The molecule has 0 radical (unpaired) electrons. The summed E-state index contributed by atoms with van der Waals surface area (Å²) in [7, 11) is 0. The molecule has 0 aliphatic heterocycles. The van der Waals surface area contributed by atoms with E-state index in [0.717, 1.165) is 22.6 Å². The van der Waals surface area contributed by atoms with E-state index in [1.165, 1.54) is 0 Å². The molecule has 0 N–H and O–H groups in total. The first-order valence-corrected chi connectivity index (χ1v) is 8.65. The zero-order valence-electron chi connectivity index (χ0n) is 14.8. The highest BCUT2D eigenvalue weighted by Crippen LogP contribution is 2.15. The molecule has 0 fully saturated rings. The van der Waals surface area contributed by atoms with Crippen LogP contribution in [-0.4, -0.2) is 22.4 Å². The van der Waals surface area contributed by atoms with Crippen LogP contribution in [0.5, 0.6) is 5.75 Å². The largest absolute Gasteiger partial charge is 0.494 e. The van der Waals surface area contributed by atoms with Gasteiger partial charge in [0.05, 0.1) is 25.8 Å². The van der Waals surface area contributed by atoms with E-state index in [1.807, 2.05) is 55.5 Å². The van der Waals surface area contributed by atoms with E-state index in [9.17, 15) is 4.79 Å². The first-order valence-electron chi connectivity index (χ1n) is 8.65. The Morgan fingerprint density at radius 2 is 1.92 bits per heavy atom. The van der Waals surface area contributed by atoms with E-state index in [1.54, 1.807) is 23.6 Å². The van der Waals surface area contributed by atoms with Gasteiger partial charge in [-0.1, -0.05) is 18.2 Å². The number of amides is 1. The summed E-state index contributed by atoms with van der Waals surface area (Å²) in [4.78, 5) is 18.8. The number of hydrogen-bond acceptors (Lipinski definition) is 4. The van der Waals surface area contributed by atoms with E-state index < -0.39 is 0 Å². The molecule has 2 aromatic heterocycles. The highest BCUT2D eigenvalue weighted by atomic mass is 16.5. The molecule has 2 heterocycles. The highest BCUT2D eigenvalue weighted by Gasteiger charge is 2.16. The number of carbonyl (C=O) groups is 1. The highest BCUT2D eigenvalue weighted by molar-refractivity contribution is 5.78. The molecule has 1 amide bonds. The maximum absolute atomic E-state index is 12.9. The van der Waals surface area contributed by atoms with Crippen molar-refractivity contribution in [3.63, 3.8) is 0 Å². The third-order valence-corrected chi connectivity index (χ3v) is 3.97. The summed E-state index contributed by atoms with van der Waals surface area (Å²) in [6, 6.07) is 15.2. The van der Waals surface area contributed by atoms with Crippen LogP contribution in [0.25, 0.3) is 0 Å². The van der Waals surface area contributed by atoms with Gasteiger partial charge >= 0.3 is 0 Å². The van der Waals surface area contributed by atoms with Gasteiger partial charge in [0.25, 0.3) is 0 Å². The van der Waals surface area contributed by atoms with E-state index >= 15 is 0 Å². The van der Waals surface area contributed by atoms with Crippen LogP contribution in [0.2, 0.25) is 0 Å². The van der Waals surface area contributed by atoms with Crippen molar-refractivity contribution in [2.24, 2.45) is 0 Å². The van der Waals surface area contributed by atoms with E-state index in [2.05, 4.69) is 4.98 Å². The maximum atomic E-state index is 12.9. The average molecular weight is 350 g/mol. The van der Waals surface area contributed by atoms with Crippen molar-refractivity contribution in [1.82, 2.24) is 9.88 Å². The third-order valence-electron chi connectivity index (χ3n) is 3.97. The summed E-state index contributed by atoms with van der Waals surface area (Å²) in [6.45, 7) is 3.49. The second kappa shape index (κ2) is 8.85. The number of furan rings is 1. The van der Waals surface area contributed by atoms with Crippen molar-refractivity contribution in [3.8, 4) is 5.75 Å². The van der Waals surface area contributed by atoms with Gasteiger partial charge in [-0.05, 0) is 48.4 Å². The Hall–Kier alpha value is -3.08. The molecule has 134 valence electrons. The van der Waals surface area contributed by atoms with Crippen LogP contribution < -0.4 is 4.74 Å². The molecule has 3 aromatic rings. The molecule has 1 aromatic carbocycles. The Bertz CT molecular complexity index is 799. The van der Waals surface area contributed by atoms with E-state index in [-0.39, 0.29) is 5.91 Å². The smallest absolute Gasteiger partial charge is 0.227 e. The summed E-state index contributed by atoms with van der Waals surface area (Å²) < 4.78 is 10.9. The number of carbonyl (C=O) groups excluding carboxylic acids is 1. The Morgan fingerprint density at radius 1 is 1.08 bits per heavy atom. The van der Waals surface area contributed by atoms with Crippen molar-refractivity contribution in [2.75, 3.05) is 6.61 Å². The Kier molecular flexibility index (Phi) is 6.04. The predicted octanol–water partition coefficient (Wildman–Crippen LogP) is 3.84. The summed E-state index contributed by atoms with van der Waals surface area (Å²) in [6.07, 6.45) is 5.45.